The van der Waals surface area contributed by atoms with E-state index in [2.05, 4.69) is 69.0 Å². The summed E-state index contributed by atoms with van der Waals surface area (Å²) in [7, 11) is 0. The Morgan fingerprint density at radius 2 is 1.65 bits per heavy atom. The zero-order valence-corrected chi connectivity index (χ0v) is 22.8. The van der Waals surface area contributed by atoms with Crippen LogP contribution < -0.4 is 10.2 Å². The van der Waals surface area contributed by atoms with Gasteiger partial charge in [-0.3, -0.25) is 14.5 Å². The molecule has 3 rings (SSSR count). The number of ether oxygens (including phenoxy) is 1. The maximum Gasteiger partial charge on any atom is 0.254 e. The number of aliphatic hydroxyl groups is 1. The predicted octanol–water partition coefficient (Wildman–Crippen LogP) is 6.14. The second-order valence-corrected chi connectivity index (χ2v) is 10.3. The number of carbonyl (C=O) groups is 2. The summed E-state index contributed by atoms with van der Waals surface area (Å²) in [5.41, 5.74) is 3.74. The lowest BCUT2D eigenvalue weighted by molar-refractivity contribution is -0.119. The number of nitrogens with one attached hydrogen (secondary N) is 1. The summed E-state index contributed by atoms with van der Waals surface area (Å²) < 4.78 is 7.98. The second kappa shape index (κ2) is 15.9. The van der Waals surface area contributed by atoms with E-state index >= 15 is 0 Å². The van der Waals surface area contributed by atoms with Crippen molar-refractivity contribution in [3.05, 3.63) is 56.5 Å². The lowest BCUT2D eigenvalue weighted by Crippen LogP contribution is -2.24. The average molecular weight is 690 g/mol. The summed E-state index contributed by atoms with van der Waals surface area (Å²) in [6.07, 6.45) is 0. The zero-order valence-electron chi connectivity index (χ0n) is 16.4. The molecule has 1 aliphatic rings. The first-order valence-corrected chi connectivity index (χ1v) is 12.5. The van der Waals surface area contributed by atoms with Crippen molar-refractivity contribution in [2.75, 3.05) is 34.4 Å². The van der Waals surface area contributed by atoms with Crippen LogP contribution in [-0.4, -0.2) is 41.1 Å². The van der Waals surface area contributed by atoms with Gasteiger partial charge in [0.05, 0.1) is 4.24 Å². The van der Waals surface area contributed by atoms with Crippen LogP contribution in [0.5, 0.6) is 0 Å². The molecule has 172 valence electrons. The van der Waals surface area contributed by atoms with Gasteiger partial charge in [0.2, 0.25) is 5.91 Å². The minimum Gasteiger partial charge on any atom is -0.387 e. The number of hydrogen-bond acceptors (Lipinski definition) is 4. The molecule has 31 heavy (non-hydrogen) atoms. The summed E-state index contributed by atoms with van der Waals surface area (Å²) in [6.45, 7) is 3.98. The second-order valence-electron chi connectivity index (χ2n) is 6.00. The molecule has 6 nitrogen and oxygen atoms in total. The number of anilines is 2. The van der Waals surface area contributed by atoms with Gasteiger partial charge in [-0.25, -0.2) is 0 Å². The van der Waals surface area contributed by atoms with Gasteiger partial charge in [-0.2, -0.15) is 0 Å². The number of benzene rings is 2. The van der Waals surface area contributed by atoms with Gasteiger partial charge >= 0.3 is 0 Å². The maximum absolute atomic E-state index is 11.4. The summed E-state index contributed by atoms with van der Waals surface area (Å²) >= 11 is 12.9. The zero-order chi connectivity index (χ0) is 22.7. The smallest absolute Gasteiger partial charge is 0.254 e. The van der Waals surface area contributed by atoms with Gasteiger partial charge in [0.25, 0.3) is 5.91 Å². The minimum atomic E-state index is -0.491. The topological polar surface area (TPSA) is 78.9 Å². The third-order valence-corrected chi connectivity index (χ3v) is 5.56. The molecule has 0 atom stereocenters. The van der Waals surface area contributed by atoms with Crippen LogP contribution in [0.3, 0.4) is 0 Å². The number of aliphatic hydroxyl groups excluding tert-OH is 1. The Morgan fingerprint density at radius 1 is 1.10 bits per heavy atom. The average Bonchev–Trinajstić information content (AvgIpc) is 3.14. The van der Waals surface area contributed by atoms with E-state index in [0.717, 1.165) is 30.0 Å². The number of alkyl halides is 2. The highest BCUT2D eigenvalue weighted by molar-refractivity contribution is 9.24. The van der Waals surface area contributed by atoms with Crippen LogP contribution in [0.1, 0.15) is 18.6 Å². The molecule has 10 heteroatoms. The predicted molar refractivity (Wildman–Crippen MR) is 141 cm³/mol. The number of hydrogen-bond donors (Lipinski definition) is 2. The molecular weight excluding hydrogens is 664 g/mol. The minimum absolute atomic E-state index is 0. The monoisotopic (exact) mass is 686 g/mol. The van der Waals surface area contributed by atoms with Gasteiger partial charge in [0, 0.05) is 20.3 Å². The Kier molecular flexibility index (Phi) is 15.5. The van der Waals surface area contributed by atoms with Crippen LogP contribution in [0.25, 0.3) is 0 Å². The van der Waals surface area contributed by atoms with E-state index in [1.807, 2.05) is 44.2 Å². The molecule has 0 aliphatic carbocycles. The fraction of sp³-hybridized carbons (Fsp3) is 0.333. The van der Waals surface area contributed by atoms with Crippen molar-refractivity contribution in [1.82, 2.24) is 0 Å². The van der Waals surface area contributed by atoms with Gasteiger partial charge < -0.3 is 15.2 Å². The number of carbonyl (C=O) groups excluding carboxylic acids is 2. The highest BCUT2D eigenvalue weighted by Gasteiger charge is 2.22. The van der Waals surface area contributed by atoms with Crippen molar-refractivity contribution in [2.24, 2.45) is 0 Å². The molecule has 1 aliphatic heterocycles. The van der Waals surface area contributed by atoms with E-state index in [1.165, 1.54) is 0 Å². The quantitative estimate of drug-likeness (QED) is 0.380. The highest BCUT2D eigenvalue weighted by atomic mass is 79.9. The molecule has 1 saturated heterocycles. The van der Waals surface area contributed by atoms with Crippen LogP contribution in [0.15, 0.2) is 45.3 Å². The highest BCUT2D eigenvalue weighted by Crippen LogP contribution is 2.24. The third-order valence-electron chi connectivity index (χ3n) is 3.79. The van der Waals surface area contributed by atoms with Crippen molar-refractivity contribution in [3.8, 4) is 0 Å². The molecule has 1 fully saturated rings. The van der Waals surface area contributed by atoms with Crippen molar-refractivity contribution in [2.45, 2.75) is 21.3 Å². The van der Waals surface area contributed by atoms with E-state index in [9.17, 15) is 9.59 Å². The van der Waals surface area contributed by atoms with E-state index in [4.69, 9.17) is 9.84 Å². The van der Waals surface area contributed by atoms with Gasteiger partial charge in [-0.05, 0) is 61.4 Å². The largest absolute Gasteiger partial charge is 0.387 e. The SMILES string of the molecule is BrCBr.C.Cc1cc(N2COCC2=O)ccc1Br.Cc1cc(NC(=O)CO)ccc1Br. The molecule has 0 aromatic heterocycles. The molecule has 2 aromatic rings. The first-order chi connectivity index (χ1) is 14.2. The molecular formula is C21H26Br4N2O4. The van der Waals surface area contributed by atoms with Crippen molar-refractivity contribution >= 4 is 86.9 Å². The lowest BCUT2D eigenvalue weighted by atomic mass is 10.2. The number of amides is 2. The fourth-order valence-corrected chi connectivity index (χ4v) is 2.81. The van der Waals surface area contributed by atoms with Crippen LogP contribution >= 0.6 is 63.7 Å². The first kappa shape index (κ1) is 30.2. The van der Waals surface area contributed by atoms with Crippen LogP contribution in [0, 0.1) is 13.8 Å². The molecule has 1 heterocycles. The van der Waals surface area contributed by atoms with Gasteiger partial charge in [-0.15, -0.1) is 0 Å². The van der Waals surface area contributed by atoms with Crippen LogP contribution in [0.4, 0.5) is 11.4 Å². The fourth-order valence-electron chi connectivity index (χ4n) is 2.31. The number of rotatable bonds is 3. The molecule has 0 spiro atoms. The number of aryl methyl sites for hydroxylation is 2. The van der Waals surface area contributed by atoms with Gasteiger partial charge in [-0.1, -0.05) is 71.1 Å². The van der Waals surface area contributed by atoms with Gasteiger partial charge in [0.1, 0.15) is 19.9 Å². The lowest BCUT2D eigenvalue weighted by Gasteiger charge is -2.14. The van der Waals surface area contributed by atoms with E-state index in [1.54, 1.807) is 11.0 Å². The molecule has 2 aromatic carbocycles. The normalized spacial score (nSPS) is 12.1. The van der Waals surface area contributed by atoms with E-state index in [-0.39, 0.29) is 19.9 Å². The molecule has 0 unspecified atom stereocenters. The molecule has 2 N–H and O–H groups in total. The summed E-state index contributed by atoms with van der Waals surface area (Å²) in [4.78, 5) is 23.8. The Hall–Kier alpha value is -0.780. The van der Waals surface area contributed by atoms with Crippen molar-refractivity contribution in [3.63, 3.8) is 0 Å². The molecule has 0 bridgehead atoms. The maximum atomic E-state index is 11.4. The summed E-state index contributed by atoms with van der Waals surface area (Å²) in [6, 6.07) is 11.3. The summed E-state index contributed by atoms with van der Waals surface area (Å²) in [5, 5.41) is 11.0. The standard InChI is InChI=1S/C10H10BrNO2.C9H10BrNO2.CH2Br2.CH4/c1-7-4-8(2-3-9(7)11)12-6-14-5-10(12)13;1-6-4-7(2-3-8(6)10)11-9(13)5-12;2-1-3;/h2-4H,5-6H2,1H3;2-4,12H,5H2,1H3,(H,11,13);1H2;1H4. The Morgan fingerprint density at radius 3 is 2.10 bits per heavy atom. The van der Waals surface area contributed by atoms with E-state index in [0.29, 0.717) is 12.4 Å². The van der Waals surface area contributed by atoms with Crippen LogP contribution in [0.2, 0.25) is 0 Å². The number of nitrogens with zero attached hydrogens (tertiary/aromatic N) is 1. The summed E-state index contributed by atoms with van der Waals surface area (Å²) in [5.74, 6) is -0.381. The van der Waals surface area contributed by atoms with Crippen LogP contribution in [-0.2, 0) is 14.3 Å². The van der Waals surface area contributed by atoms with E-state index < -0.39 is 12.5 Å². The molecule has 0 saturated carbocycles. The van der Waals surface area contributed by atoms with Crippen molar-refractivity contribution < 1.29 is 19.4 Å². The Bertz CT molecular complexity index is 865. The Balaban J connectivity index is 0.000000503. The Labute approximate surface area is 217 Å². The van der Waals surface area contributed by atoms with Crippen molar-refractivity contribution in [1.29, 1.82) is 0 Å². The molecule has 0 radical (unpaired) electrons. The number of halogens is 4. The molecule has 2 amide bonds. The van der Waals surface area contributed by atoms with Gasteiger partial charge in [0.15, 0.2) is 0 Å². The third kappa shape index (κ3) is 10.6. The first-order valence-electron chi connectivity index (χ1n) is 8.66.